The minimum atomic E-state index is -0.614. The molecule has 0 aliphatic heterocycles. The molecule has 0 radical (unpaired) electrons. The molecule has 0 unspecified atom stereocenters. The van der Waals surface area contributed by atoms with Crippen LogP contribution in [0.3, 0.4) is 0 Å². The van der Waals surface area contributed by atoms with Gasteiger partial charge in [0, 0.05) is 18.2 Å². The molecule has 0 bridgehead atoms. The molecule has 0 aliphatic rings. The van der Waals surface area contributed by atoms with E-state index in [2.05, 4.69) is 24.4 Å². The van der Waals surface area contributed by atoms with Crippen molar-refractivity contribution in [1.29, 1.82) is 0 Å². The molecule has 0 heterocycles. The van der Waals surface area contributed by atoms with Crippen molar-refractivity contribution in [2.24, 2.45) is 0 Å². The molecule has 5 nitrogen and oxygen atoms in total. The van der Waals surface area contributed by atoms with E-state index in [9.17, 15) is 5.11 Å². The predicted molar refractivity (Wildman–Crippen MR) is 124 cm³/mol. The van der Waals surface area contributed by atoms with Crippen molar-refractivity contribution in [3.05, 3.63) is 78.4 Å². The number of benzene rings is 3. The number of hydrogen-bond donors (Lipinski definition) is 2. The van der Waals surface area contributed by atoms with Crippen LogP contribution in [0.5, 0.6) is 17.2 Å². The predicted octanol–water partition coefficient (Wildman–Crippen LogP) is 4.33. The van der Waals surface area contributed by atoms with E-state index in [1.54, 1.807) is 14.2 Å². The van der Waals surface area contributed by atoms with Crippen LogP contribution in [0.25, 0.3) is 11.1 Å². The molecule has 0 amide bonds. The minimum Gasteiger partial charge on any atom is -0.493 e. The van der Waals surface area contributed by atoms with Gasteiger partial charge in [-0.25, -0.2) is 0 Å². The van der Waals surface area contributed by atoms with E-state index in [0.29, 0.717) is 6.54 Å². The summed E-state index contributed by atoms with van der Waals surface area (Å²) in [6.07, 6.45) is 0.196. The van der Waals surface area contributed by atoms with E-state index in [4.69, 9.17) is 14.2 Å². The number of methoxy groups -OCH3 is 2. The Morgan fingerprint density at radius 2 is 1.55 bits per heavy atom. The SMILES string of the molecule is COc1ccc(C[C@H](C)NC[C@H](O)COc2ccccc2-c2ccccc2)cc1OC. The number of ether oxygens (including phenoxy) is 3. The van der Waals surface area contributed by atoms with E-state index >= 15 is 0 Å². The molecular weight excluding hydrogens is 390 g/mol. The Hall–Kier alpha value is -3.02. The Morgan fingerprint density at radius 3 is 2.29 bits per heavy atom. The third kappa shape index (κ3) is 6.48. The van der Waals surface area contributed by atoms with Gasteiger partial charge in [0.05, 0.1) is 14.2 Å². The normalized spacial score (nSPS) is 12.8. The van der Waals surface area contributed by atoms with Gasteiger partial charge in [0.2, 0.25) is 0 Å². The summed E-state index contributed by atoms with van der Waals surface area (Å²) in [5.41, 5.74) is 3.25. The van der Waals surface area contributed by atoms with Crippen molar-refractivity contribution in [1.82, 2.24) is 5.32 Å². The topological polar surface area (TPSA) is 60.0 Å². The van der Waals surface area contributed by atoms with Gasteiger partial charge >= 0.3 is 0 Å². The van der Waals surface area contributed by atoms with Gasteiger partial charge in [-0.2, -0.15) is 0 Å². The molecular formula is C26H31NO4. The van der Waals surface area contributed by atoms with Crippen LogP contribution in [0.2, 0.25) is 0 Å². The van der Waals surface area contributed by atoms with Gasteiger partial charge in [0.25, 0.3) is 0 Å². The number of nitrogens with one attached hydrogen (secondary N) is 1. The summed E-state index contributed by atoms with van der Waals surface area (Å²) in [6.45, 7) is 2.76. The lowest BCUT2D eigenvalue weighted by Crippen LogP contribution is -2.37. The van der Waals surface area contributed by atoms with E-state index in [1.165, 1.54) is 0 Å². The average molecular weight is 422 g/mol. The molecule has 0 aliphatic carbocycles. The third-order valence-electron chi connectivity index (χ3n) is 5.09. The molecule has 5 heteroatoms. The lowest BCUT2D eigenvalue weighted by Gasteiger charge is -2.19. The summed E-state index contributed by atoms with van der Waals surface area (Å²) < 4.78 is 16.6. The Kier molecular flexibility index (Phi) is 8.33. The highest BCUT2D eigenvalue weighted by molar-refractivity contribution is 5.70. The minimum absolute atomic E-state index is 0.185. The molecule has 0 saturated heterocycles. The van der Waals surface area contributed by atoms with Gasteiger partial charge in [-0.3, -0.25) is 0 Å². The summed E-state index contributed by atoms with van der Waals surface area (Å²) in [6, 6.07) is 24.1. The number of aliphatic hydroxyl groups is 1. The summed E-state index contributed by atoms with van der Waals surface area (Å²) in [7, 11) is 3.26. The van der Waals surface area contributed by atoms with E-state index < -0.39 is 6.10 Å². The van der Waals surface area contributed by atoms with Gasteiger partial charge in [0.15, 0.2) is 11.5 Å². The zero-order valence-corrected chi connectivity index (χ0v) is 18.4. The molecule has 0 aromatic heterocycles. The molecule has 164 valence electrons. The van der Waals surface area contributed by atoms with Crippen LogP contribution in [-0.4, -0.2) is 44.6 Å². The fraction of sp³-hybridized carbons (Fsp3) is 0.308. The van der Waals surface area contributed by atoms with Crippen molar-refractivity contribution in [3.63, 3.8) is 0 Å². The first-order valence-corrected chi connectivity index (χ1v) is 10.5. The summed E-state index contributed by atoms with van der Waals surface area (Å²) in [5, 5.41) is 13.8. The lowest BCUT2D eigenvalue weighted by atomic mass is 10.0. The highest BCUT2D eigenvalue weighted by atomic mass is 16.5. The van der Waals surface area contributed by atoms with Gasteiger partial charge in [0.1, 0.15) is 18.5 Å². The highest BCUT2D eigenvalue weighted by Gasteiger charge is 2.12. The van der Waals surface area contributed by atoms with Gasteiger partial charge in [-0.1, -0.05) is 54.6 Å². The largest absolute Gasteiger partial charge is 0.493 e. The van der Waals surface area contributed by atoms with E-state index in [1.807, 2.05) is 60.7 Å². The third-order valence-corrected chi connectivity index (χ3v) is 5.09. The second kappa shape index (κ2) is 11.4. The van der Waals surface area contributed by atoms with Gasteiger partial charge in [-0.15, -0.1) is 0 Å². The second-order valence-corrected chi connectivity index (χ2v) is 7.53. The van der Waals surface area contributed by atoms with Crippen LogP contribution in [-0.2, 0) is 6.42 Å². The Balaban J connectivity index is 1.49. The molecule has 3 aromatic carbocycles. The Labute approximate surface area is 184 Å². The van der Waals surface area contributed by atoms with E-state index in [-0.39, 0.29) is 12.6 Å². The average Bonchev–Trinajstić information content (AvgIpc) is 2.82. The zero-order valence-electron chi connectivity index (χ0n) is 18.4. The van der Waals surface area contributed by atoms with Gasteiger partial charge < -0.3 is 24.6 Å². The van der Waals surface area contributed by atoms with Crippen molar-refractivity contribution in [2.75, 3.05) is 27.4 Å². The molecule has 2 atom stereocenters. The fourth-order valence-electron chi connectivity index (χ4n) is 3.46. The van der Waals surface area contributed by atoms with Crippen LogP contribution in [0.1, 0.15) is 12.5 Å². The van der Waals surface area contributed by atoms with Crippen LogP contribution >= 0.6 is 0 Å². The van der Waals surface area contributed by atoms with Crippen LogP contribution in [0.4, 0.5) is 0 Å². The Bertz CT molecular complexity index is 945. The molecule has 3 rings (SSSR count). The van der Waals surface area contributed by atoms with Crippen LogP contribution in [0, 0.1) is 0 Å². The fourth-order valence-corrected chi connectivity index (χ4v) is 3.46. The molecule has 0 spiro atoms. The van der Waals surface area contributed by atoms with Crippen LogP contribution < -0.4 is 19.5 Å². The monoisotopic (exact) mass is 421 g/mol. The summed E-state index contributed by atoms with van der Waals surface area (Å²) in [5.74, 6) is 2.21. The molecule has 3 aromatic rings. The number of hydrogen-bond acceptors (Lipinski definition) is 5. The summed E-state index contributed by atoms with van der Waals surface area (Å²) in [4.78, 5) is 0. The van der Waals surface area contributed by atoms with Gasteiger partial charge in [-0.05, 0) is 42.7 Å². The standard InChI is InChI=1S/C26H31NO4/c1-19(15-20-13-14-25(29-2)26(16-20)30-3)27-17-22(28)18-31-24-12-8-7-11-23(24)21-9-5-4-6-10-21/h4-14,16,19,22,27-28H,15,17-18H2,1-3H3/t19-,22-/m0/s1. The lowest BCUT2D eigenvalue weighted by molar-refractivity contribution is 0.104. The smallest absolute Gasteiger partial charge is 0.160 e. The maximum absolute atomic E-state index is 10.4. The second-order valence-electron chi connectivity index (χ2n) is 7.53. The molecule has 0 saturated carbocycles. The Morgan fingerprint density at radius 1 is 0.839 bits per heavy atom. The molecule has 0 fully saturated rings. The first-order valence-electron chi connectivity index (χ1n) is 10.5. The van der Waals surface area contributed by atoms with Crippen molar-refractivity contribution in [2.45, 2.75) is 25.5 Å². The number of para-hydroxylation sites is 1. The first-order chi connectivity index (χ1) is 15.1. The number of aliphatic hydroxyl groups excluding tert-OH is 1. The quantitative estimate of drug-likeness (QED) is 0.483. The van der Waals surface area contributed by atoms with Crippen LogP contribution in [0.15, 0.2) is 72.8 Å². The maximum Gasteiger partial charge on any atom is 0.160 e. The highest BCUT2D eigenvalue weighted by Crippen LogP contribution is 2.30. The number of rotatable bonds is 11. The molecule has 31 heavy (non-hydrogen) atoms. The maximum atomic E-state index is 10.4. The van der Waals surface area contributed by atoms with Crippen molar-refractivity contribution < 1.29 is 19.3 Å². The summed E-state index contributed by atoms with van der Waals surface area (Å²) >= 11 is 0. The molecule has 2 N–H and O–H groups in total. The van der Waals surface area contributed by atoms with Crippen molar-refractivity contribution in [3.8, 4) is 28.4 Å². The van der Waals surface area contributed by atoms with Crippen molar-refractivity contribution >= 4 is 0 Å². The van der Waals surface area contributed by atoms with E-state index in [0.717, 1.165) is 40.4 Å². The first kappa shape index (κ1) is 22.7. The zero-order chi connectivity index (χ0) is 22.1.